The minimum Gasteiger partial charge on any atom is -0.373 e. The highest BCUT2D eigenvalue weighted by Crippen LogP contribution is 2.24. The third-order valence-electron chi connectivity index (χ3n) is 3.83. The summed E-state index contributed by atoms with van der Waals surface area (Å²) in [7, 11) is 0. The van der Waals surface area contributed by atoms with Crippen molar-refractivity contribution in [3.05, 3.63) is 44.9 Å². The van der Waals surface area contributed by atoms with Crippen molar-refractivity contribution in [3.8, 4) is 0 Å². The summed E-state index contributed by atoms with van der Waals surface area (Å²) in [6, 6.07) is 4.78. The topological polar surface area (TPSA) is 54.5 Å². The Morgan fingerprint density at radius 1 is 1.32 bits per heavy atom. The van der Waals surface area contributed by atoms with Crippen molar-refractivity contribution >= 4 is 45.6 Å². The zero-order chi connectivity index (χ0) is 18.0. The first-order valence-corrected chi connectivity index (χ1v) is 9.63. The lowest BCUT2D eigenvalue weighted by Gasteiger charge is -2.34. The van der Waals surface area contributed by atoms with Crippen molar-refractivity contribution in [2.75, 3.05) is 18.4 Å². The van der Waals surface area contributed by atoms with Crippen molar-refractivity contribution in [1.82, 2.24) is 9.88 Å². The molecular weight excluding hydrogens is 381 g/mol. The molecule has 5 nitrogen and oxygen atoms in total. The van der Waals surface area contributed by atoms with Crippen LogP contribution in [0.3, 0.4) is 0 Å². The number of nitrogens with one attached hydrogen (secondary N) is 1. The second kappa shape index (κ2) is 8.01. The van der Waals surface area contributed by atoms with E-state index in [1.165, 1.54) is 11.3 Å². The van der Waals surface area contributed by atoms with E-state index in [2.05, 4.69) is 29.0 Å². The molecule has 0 radical (unpaired) electrons. The number of carbonyl (C=O) groups is 1. The van der Waals surface area contributed by atoms with E-state index in [1.807, 2.05) is 5.38 Å². The van der Waals surface area contributed by atoms with E-state index < -0.39 is 0 Å². The van der Waals surface area contributed by atoms with Gasteiger partial charge < -0.3 is 4.74 Å². The predicted molar refractivity (Wildman–Crippen MR) is 102 cm³/mol. The molecule has 1 aromatic heterocycles. The Balaban J connectivity index is 1.61. The lowest BCUT2D eigenvalue weighted by molar-refractivity contribution is -0.0707. The molecule has 0 unspecified atom stereocenters. The van der Waals surface area contributed by atoms with Crippen LogP contribution in [-0.2, 0) is 11.3 Å². The van der Waals surface area contributed by atoms with Crippen molar-refractivity contribution < 1.29 is 9.53 Å². The van der Waals surface area contributed by atoms with E-state index in [0.29, 0.717) is 20.7 Å². The van der Waals surface area contributed by atoms with E-state index in [4.69, 9.17) is 27.9 Å². The number of morpholine rings is 1. The van der Waals surface area contributed by atoms with Crippen molar-refractivity contribution in [1.29, 1.82) is 0 Å². The fraction of sp³-hybridized carbons (Fsp3) is 0.412. The lowest BCUT2D eigenvalue weighted by Crippen LogP contribution is -2.44. The van der Waals surface area contributed by atoms with Crippen LogP contribution in [0, 0.1) is 0 Å². The summed E-state index contributed by atoms with van der Waals surface area (Å²) in [6.07, 6.45) is 0.437. The van der Waals surface area contributed by atoms with Gasteiger partial charge in [-0.2, -0.15) is 0 Å². The third-order valence-corrected chi connectivity index (χ3v) is 5.38. The molecule has 1 aliphatic heterocycles. The molecular formula is C17H19Cl2N3O2S. The smallest absolute Gasteiger partial charge is 0.257 e. The summed E-state index contributed by atoms with van der Waals surface area (Å²) in [5, 5.41) is 6.11. The third kappa shape index (κ3) is 4.92. The number of halogens is 2. The van der Waals surface area contributed by atoms with Gasteiger partial charge in [-0.3, -0.25) is 15.0 Å². The predicted octanol–water partition coefficient (Wildman–Crippen LogP) is 4.31. The largest absolute Gasteiger partial charge is 0.373 e. The first-order chi connectivity index (χ1) is 11.9. The number of ether oxygens (including phenoxy) is 1. The monoisotopic (exact) mass is 399 g/mol. The minimum absolute atomic E-state index is 0.219. The van der Waals surface area contributed by atoms with Gasteiger partial charge in [0, 0.05) is 30.6 Å². The molecule has 2 atom stereocenters. The highest BCUT2D eigenvalue weighted by atomic mass is 35.5. The Bertz CT molecular complexity index is 758. The van der Waals surface area contributed by atoms with E-state index in [0.717, 1.165) is 25.3 Å². The SMILES string of the molecule is C[C@H]1CN(Cc2csc(NC(=O)c3ccc(Cl)c(Cl)c3)n2)C[C@H](C)O1. The van der Waals surface area contributed by atoms with Crippen LogP contribution in [0.15, 0.2) is 23.6 Å². The van der Waals surface area contributed by atoms with Crippen LogP contribution in [0.25, 0.3) is 0 Å². The molecule has 1 amide bonds. The number of amides is 1. The fourth-order valence-electron chi connectivity index (χ4n) is 2.89. The molecule has 1 aliphatic rings. The normalized spacial score (nSPS) is 21.3. The van der Waals surface area contributed by atoms with Gasteiger partial charge in [-0.05, 0) is 32.0 Å². The summed E-state index contributed by atoms with van der Waals surface area (Å²) < 4.78 is 5.74. The van der Waals surface area contributed by atoms with E-state index in [-0.39, 0.29) is 18.1 Å². The highest BCUT2D eigenvalue weighted by molar-refractivity contribution is 7.14. The first kappa shape index (κ1) is 18.6. The van der Waals surface area contributed by atoms with Gasteiger partial charge in [0.05, 0.1) is 27.9 Å². The molecule has 8 heteroatoms. The molecule has 1 aromatic carbocycles. The maximum Gasteiger partial charge on any atom is 0.257 e. The molecule has 1 saturated heterocycles. The zero-order valence-electron chi connectivity index (χ0n) is 14.0. The van der Waals surface area contributed by atoms with E-state index in [1.54, 1.807) is 18.2 Å². The van der Waals surface area contributed by atoms with Gasteiger partial charge in [0.25, 0.3) is 5.91 Å². The Labute approximate surface area is 160 Å². The van der Waals surface area contributed by atoms with Crippen LogP contribution in [-0.4, -0.2) is 41.1 Å². The molecule has 0 spiro atoms. The minimum atomic E-state index is -0.256. The Kier molecular flexibility index (Phi) is 5.96. The van der Waals surface area contributed by atoms with Crippen LogP contribution >= 0.6 is 34.5 Å². The summed E-state index contributed by atoms with van der Waals surface area (Å²) in [5.74, 6) is -0.256. The van der Waals surface area contributed by atoms with Crippen molar-refractivity contribution in [2.45, 2.75) is 32.6 Å². The molecule has 0 saturated carbocycles. The lowest BCUT2D eigenvalue weighted by atomic mass is 10.2. The number of carbonyl (C=O) groups excluding carboxylic acids is 1. The fourth-order valence-corrected chi connectivity index (χ4v) is 3.88. The van der Waals surface area contributed by atoms with Gasteiger partial charge in [-0.15, -0.1) is 11.3 Å². The van der Waals surface area contributed by atoms with Crippen LogP contribution in [0.5, 0.6) is 0 Å². The maximum absolute atomic E-state index is 12.3. The molecule has 25 heavy (non-hydrogen) atoms. The van der Waals surface area contributed by atoms with Gasteiger partial charge in [-0.25, -0.2) is 4.98 Å². The summed E-state index contributed by atoms with van der Waals surface area (Å²) >= 11 is 13.2. The molecule has 2 heterocycles. The quantitative estimate of drug-likeness (QED) is 0.831. The standard InChI is InChI=1S/C17H19Cl2N3O2S/c1-10-6-22(7-11(2)24-10)8-13-9-25-17(20-13)21-16(23)12-3-4-14(18)15(19)5-12/h3-5,9-11H,6-8H2,1-2H3,(H,20,21,23)/t10-,11-/m0/s1. The summed E-state index contributed by atoms with van der Waals surface area (Å²) in [4.78, 5) is 19.1. The van der Waals surface area contributed by atoms with Gasteiger partial charge >= 0.3 is 0 Å². The number of hydrogen-bond donors (Lipinski definition) is 1. The average molecular weight is 400 g/mol. The van der Waals surface area contributed by atoms with E-state index >= 15 is 0 Å². The van der Waals surface area contributed by atoms with Crippen LogP contribution in [0.1, 0.15) is 29.9 Å². The van der Waals surface area contributed by atoms with Gasteiger partial charge in [0.1, 0.15) is 0 Å². The average Bonchev–Trinajstić information content (AvgIpc) is 2.95. The number of nitrogens with zero attached hydrogens (tertiary/aromatic N) is 2. The maximum atomic E-state index is 12.3. The number of thiazole rings is 1. The molecule has 134 valence electrons. The second-order valence-corrected chi connectivity index (χ2v) is 7.85. The number of rotatable bonds is 4. The Hall–Kier alpha value is -1.18. The molecule has 1 N–H and O–H groups in total. The Morgan fingerprint density at radius 3 is 2.72 bits per heavy atom. The van der Waals surface area contributed by atoms with Crippen LogP contribution in [0.2, 0.25) is 10.0 Å². The zero-order valence-corrected chi connectivity index (χ0v) is 16.3. The first-order valence-electron chi connectivity index (χ1n) is 7.99. The van der Waals surface area contributed by atoms with Crippen molar-refractivity contribution in [3.63, 3.8) is 0 Å². The number of benzene rings is 1. The molecule has 1 fully saturated rings. The van der Waals surface area contributed by atoms with Crippen LogP contribution < -0.4 is 5.32 Å². The number of aromatic nitrogens is 1. The van der Waals surface area contributed by atoms with Crippen molar-refractivity contribution in [2.24, 2.45) is 0 Å². The summed E-state index contributed by atoms with van der Waals surface area (Å²) in [5.41, 5.74) is 1.39. The van der Waals surface area contributed by atoms with E-state index in [9.17, 15) is 4.79 Å². The van der Waals surface area contributed by atoms with Crippen LogP contribution in [0.4, 0.5) is 5.13 Å². The molecule has 2 aromatic rings. The summed E-state index contributed by atoms with van der Waals surface area (Å²) in [6.45, 7) is 6.66. The van der Waals surface area contributed by atoms with Gasteiger partial charge in [-0.1, -0.05) is 23.2 Å². The Morgan fingerprint density at radius 2 is 2.04 bits per heavy atom. The second-order valence-electron chi connectivity index (χ2n) is 6.18. The van der Waals surface area contributed by atoms with Gasteiger partial charge in [0.2, 0.25) is 0 Å². The molecule has 0 aliphatic carbocycles. The molecule has 3 rings (SSSR count). The number of anilines is 1. The number of hydrogen-bond acceptors (Lipinski definition) is 5. The highest BCUT2D eigenvalue weighted by Gasteiger charge is 2.22. The molecule has 0 bridgehead atoms. The van der Waals surface area contributed by atoms with Gasteiger partial charge in [0.15, 0.2) is 5.13 Å².